The number of nitrogens with one attached hydrogen (secondary N) is 1. The molecule has 1 N–H and O–H groups in total. The molecule has 5 nitrogen and oxygen atoms in total. The third kappa shape index (κ3) is 6.85. The first kappa shape index (κ1) is 22.8. The molecule has 28 heavy (non-hydrogen) atoms. The van der Waals surface area contributed by atoms with Crippen molar-refractivity contribution in [3.05, 3.63) is 24.3 Å². The highest BCUT2D eigenvalue weighted by atomic mass is 35.5. The molecule has 3 rings (SSSR count). The van der Waals surface area contributed by atoms with E-state index < -0.39 is 0 Å². The van der Waals surface area contributed by atoms with E-state index in [9.17, 15) is 4.79 Å². The van der Waals surface area contributed by atoms with E-state index in [0.717, 1.165) is 56.8 Å². The normalized spacial score (nSPS) is 22.3. The maximum atomic E-state index is 12.4. The minimum atomic E-state index is -0.345. The van der Waals surface area contributed by atoms with Crippen molar-refractivity contribution in [3.63, 3.8) is 0 Å². The lowest BCUT2D eigenvalue weighted by Gasteiger charge is -2.37. The highest BCUT2D eigenvalue weighted by Crippen LogP contribution is 2.28. The Kier molecular flexibility index (Phi) is 9.93. The number of ether oxygens (including phenoxy) is 2. The summed E-state index contributed by atoms with van der Waals surface area (Å²) in [7, 11) is 0. The summed E-state index contributed by atoms with van der Waals surface area (Å²) in [5.41, 5.74) is 0.745. The summed E-state index contributed by atoms with van der Waals surface area (Å²) in [4.78, 5) is 14.9. The van der Waals surface area contributed by atoms with Crippen LogP contribution in [0, 0.1) is 0 Å². The van der Waals surface area contributed by atoms with Crippen LogP contribution in [-0.4, -0.2) is 42.8 Å². The van der Waals surface area contributed by atoms with E-state index in [1.54, 1.807) is 0 Å². The molecule has 0 radical (unpaired) electrons. The van der Waals surface area contributed by atoms with Gasteiger partial charge in [-0.05, 0) is 75.9 Å². The van der Waals surface area contributed by atoms with Crippen LogP contribution in [0.15, 0.2) is 24.3 Å². The summed E-state index contributed by atoms with van der Waals surface area (Å²) >= 11 is 0. The monoisotopic (exact) mass is 410 g/mol. The molecule has 6 heteroatoms. The SMILES string of the molecule is CCCCCOc1ccc(NC(=O)OC2CCCCC2N2CCCC2)cc1.Cl. The van der Waals surface area contributed by atoms with Gasteiger partial charge in [0.2, 0.25) is 0 Å². The van der Waals surface area contributed by atoms with Crippen LogP contribution >= 0.6 is 12.4 Å². The van der Waals surface area contributed by atoms with Gasteiger partial charge in [-0.15, -0.1) is 12.4 Å². The lowest BCUT2D eigenvalue weighted by Crippen LogP contribution is -2.46. The van der Waals surface area contributed by atoms with E-state index in [4.69, 9.17) is 9.47 Å². The molecule has 1 aromatic carbocycles. The number of carbonyl (C=O) groups is 1. The van der Waals surface area contributed by atoms with Crippen LogP contribution in [-0.2, 0) is 4.74 Å². The average molecular weight is 411 g/mol. The van der Waals surface area contributed by atoms with Crippen LogP contribution in [0.3, 0.4) is 0 Å². The molecule has 0 spiro atoms. The van der Waals surface area contributed by atoms with Crippen molar-refractivity contribution in [2.45, 2.75) is 76.9 Å². The Morgan fingerprint density at radius 3 is 2.50 bits per heavy atom. The summed E-state index contributed by atoms with van der Waals surface area (Å²) in [5, 5.41) is 2.87. The molecule has 1 aliphatic heterocycles. The minimum Gasteiger partial charge on any atom is -0.494 e. The number of benzene rings is 1. The molecule has 0 aromatic heterocycles. The van der Waals surface area contributed by atoms with Gasteiger partial charge in [-0.25, -0.2) is 4.79 Å². The zero-order valence-corrected chi connectivity index (χ0v) is 17.8. The number of likely N-dealkylation sites (tertiary alicyclic amines) is 1. The summed E-state index contributed by atoms with van der Waals surface area (Å²) in [6.07, 6.45) is 10.1. The Morgan fingerprint density at radius 1 is 1.07 bits per heavy atom. The Balaban J connectivity index is 0.00000280. The molecule has 1 aromatic rings. The number of nitrogens with zero attached hydrogens (tertiary/aromatic N) is 1. The second kappa shape index (κ2) is 12.2. The zero-order chi connectivity index (χ0) is 18.9. The van der Waals surface area contributed by atoms with Crippen molar-refractivity contribution in [1.82, 2.24) is 4.90 Å². The molecule has 1 saturated heterocycles. The number of carbonyl (C=O) groups excluding carboxylic acids is 1. The highest BCUT2D eigenvalue weighted by molar-refractivity contribution is 5.85. The molecule has 1 heterocycles. The average Bonchev–Trinajstić information content (AvgIpc) is 3.21. The van der Waals surface area contributed by atoms with E-state index in [0.29, 0.717) is 6.04 Å². The third-order valence-electron chi connectivity index (χ3n) is 5.65. The van der Waals surface area contributed by atoms with Gasteiger partial charge in [0.1, 0.15) is 11.9 Å². The predicted octanol–water partition coefficient (Wildman–Crippen LogP) is 5.63. The summed E-state index contributed by atoms with van der Waals surface area (Å²) in [6.45, 7) is 5.21. The molecule has 2 aliphatic rings. The van der Waals surface area contributed by atoms with Crippen LogP contribution in [0.1, 0.15) is 64.7 Å². The summed E-state index contributed by atoms with van der Waals surface area (Å²) in [6, 6.07) is 7.93. The number of unbranched alkanes of at least 4 members (excludes halogenated alkanes) is 2. The van der Waals surface area contributed by atoms with Crippen molar-refractivity contribution in [2.75, 3.05) is 25.0 Å². The fourth-order valence-electron chi connectivity index (χ4n) is 4.17. The minimum absolute atomic E-state index is 0. The van der Waals surface area contributed by atoms with Gasteiger partial charge in [0, 0.05) is 11.7 Å². The largest absolute Gasteiger partial charge is 0.494 e. The van der Waals surface area contributed by atoms with Gasteiger partial charge in [0.25, 0.3) is 0 Å². The molecule has 1 aliphatic carbocycles. The Hall–Kier alpha value is -1.46. The molecule has 2 fully saturated rings. The molecular formula is C22H35ClN2O3. The molecule has 1 saturated carbocycles. The van der Waals surface area contributed by atoms with Crippen LogP contribution in [0.2, 0.25) is 0 Å². The first-order valence-corrected chi connectivity index (χ1v) is 10.7. The second-order valence-electron chi connectivity index (χ2n) is 7.74. The van der Waals surface area contributed by atoms with E-state index in [2.05, 4.69) is 17.1 Å². The maximum Gasteiger partial charge on any atom is 0.411 e. The van der Waals surface area contributed by atoms with E-state index in [1.165, 1.54) is 32.1 Å². The molecule has 2 unspecified atom stereocenters. The van der Waals surface area contributed by atoms with Crippen LogP contribution in [0.25, 0.3) is 0 Å². The van der Waals surface area contributed by atoms with Gasteiger partial charge >= 0.3 is 6.09 Å². The molecule has 158 valence electrons. The third-order valence-corrected chi connectivity index (χ3v) is 5.65. The van der Waals surface area contributed by atoms with Gasteiger partial charge in [0.15, 0.2) is 0 Å². The summed E-state index contributed by atoms with van der Waals surface area (Å²) in [5.74, 6) is 0.839. The fraction of sp³-hybridized carbons (Fsp3) is 0.682. The van der Waals surface area contributed by atoms with Crippen LogP contribution in [0.5, 0.6) is 5.75 Å². The van der Waals surface area contributed by atoms with Crippen molar-refractivity contribution >= 4 is 24.2 Å². The maximum absolute atomic E-state index is 12.4. The molecule has 1 amide bonds. The molecule has 2 atom stereocenters. The number of anilines is 1. The fourth-order valence-corrected chi connectivity index (χ4v) is 4.17. The number of hydrogen-bond acceptors (Lipinski definition) is 4. The lowest BCUT2D eigenvalue weighted by atomic mass is 9.91. The quantitative estimate of drug-likeness (QED) is 0.564. The van der Waals surface area contributed by atoms with Gasteiger partial charge in [-0.3, -0.25) is 10.2 Å². The Morgan fingerprint density at radius 2 is 1.79 bits per heavy atom. The number of rotatable bonds is 8. The predicted molar refractivity (Wildman–Crippen MR) is 116 cm³/mol. The lowest BCUT2D eigenvalue weighted by molar-refractivity contribution is 0.0176. The Labute approximate surface area is 175 Å². The van der Waals surface area contributed by atoms with Crippen LogP contribution in [0.4, 0.5) is 10.5 Å². The highest BCUT2D eigenvalue weighted by Gasteiger charge is 2.34. The second-order valence-corrected chi connectivity index (χ2v) is 7.74. The van der Waals surface area contributed by atoms with Gasteiger partial charge < -0.3 is 9.47 Å². The van der Waals surface area contributed by atoms with Gasteiger partial charge in [0.05, 0.1) is 6.61 Å². The summed E-state index contributed by atoms with van der Waals surface area (Å²) < 4.78 is 11.5. The molecular weight excluding hydrogens is 376 g/mol. The topological polar surface area (TPSA) is 50.8 Å². The van der Waals surface area contributed by atoms with Crippen molar-refractivity contribution < 1.29 is 14.3 Å². The van der Waals surface area contributed by atoms with E-state index in [1.807, 2.05) is 24.3 Å². The van der Waals surface area contributed by atoms with E-state index >= 15 is 0 Å². The Bertz CT molecular complexity index is 576. The number of hydrogen-bond donors (Lipinski definition) is 1. The van der Waals surface area contributed by atoms with Crippen molar-refractivity contribution in [1.29, 1.82) is 0 Å². The molecule has 0 bridgehead atoms. The first-order valence-electron chi connectivity index (χ1n) is 10.7. The zero-order valence-electron chi connectivity index (χ0n) is 17.0. The standard InChI is InChI=1S/C22H34N2O3.ClH/c1-2-3-8-17-26-19-13-11-18(12-14-19)23-22(25)27-21-10-5-4-9-20(21)24-15-6-7-16-24;/h11-14,20-21H,2-10,15-17H2,1H3,(H,23,25);1H. The van der Waals surface area contributed by atoms with Gasteiger partial charge in [-0.2, -0.15) is 0 Å². The van der Waals surface area contributed by atoms with Crippen LogP contribution < -0.4 is 10.1 Å². The van der Waals surface area contributed by atoms with E-state index in [-0.39, 0.29) is 24.6 Å². The van der Waals surface area contributed by atoms with Crippen molar-refractivity contribution in [2.24, 2.45) is 0 Å². The number of halogens is 1. The first-order chi connectivity index (χ1) is 13.3. The smallest absolute Gasteiger partial charge is 0.411 e. The van der Waals surface area contributed by atoms with Gasteiger partial charge in [-0.1, -0.05) is 26.2 Å². The van der Waals surface area contributed by atoms with Crippen molar-refractivity contribution in [3.8, 4) is 5.75 Å². The number of amides is 1.